The lowest BCUT2D eigenvalue weighted by atomic mass is 10.1. The van der Waals surface area contributed by atoms with Gasteiger partial charge in [-0.25, -0.2) is 4.57 Å². The van der Waals surface area contributed by atoms with Crippen LogP contribution in [0.2, 0.25) is 0 Å². The van der Waals surface area contributed by atoms with Gasteiger partial charge in [0.2, 0.25) is 0 Å². The number of nitrogens with two attached hydrogens (primary N) is 1. The van der Waals surface area contributed by atoms with Crippen molar-refractivity contribution >= 4 is 19.8 Å². The molecule has 0 aromatic rings. The molecular formula is C32H63NO8P-. The van der Waals surface area contributed by atoms with Crippen molar-refractivity contribution in [3.63, 3.8) is 0 Å². The van der Waals surface area contributed by atoms with Gasteiger partial charge in [-0.2, -0.15) is 6.42 Å². The number of ether oxygens (including phenoxy) is 2. The van der Waals surface area contributed by atoms with Crippen LogP contribution in [0.25, 0.3) is 0 Å². The monoisotopic (exact) mass is 620 g/mol. The lowest BCUT2D eigenvalue weighted by Crippen LogP contribution is -2.29. The van der Waals surface area contributed by atoms with Gasteiger partial charge >= 0.3 is 19.8 Å². The number of carbonyl (C=O) groups is 2. The highest BCUT2D eigenvalue weighted by atomic mass is 31.2. The second kappa shape index (κ2) is 30.1. The first kappa shape index (κ1) is 41.0. The summed E-state index contributed by atoms with van der Waals surface area (Å²) in [6.45, 7) is 5.33. The van der Waals surface area contributed by atoms with E-state index in [0.717, 1.165) is 38.5 Å². The Morgan fingerprint density at radius 1 is 0.690 bits per heavy atom. The van der Waals surface area contributed by atoms with Crippen LogP contribution in [-0.2, 0) is 32.7 Å². The van der Waals surface area contributed by atoms with Gasteiger partial charge in [0.1, 0.15) is 6.61 Å². The van der Waals surface area contributed by atoms with Crippen LogP contribution in [0.4, 0.5) is 0 Å². The fourth-order valence-corrected chi connectivity index (χ4v) is 5.38. The van der Waals surface area contributed by atoms with Crippen LogP contribution in [0.3, 0.4) is 0 Å². The number of phosphoric acid groups is 1. The predicted octanol–water partition coefficient (Wildman–Crippen LogP) is 8.36. The van der Waals surface area contributed by atoms with Gasteiger partial charge in [0.15, 0.2) is 6.10 Å². The van der Waals surface area contributed by atoms with Gasteiger partial charge in [0.25, 0.3) is 0 Å². The molecule has 250 valence electrons. The van der Waals surface area contributed by atoms with Crippen molar-refractivity contribution in [2.24, 2.45) is 5.73 Å². The van der Waals surface area contributed by atoms with Crippen LogP contribution in [-0.4, -0.2) is 49.3 Å². The Balaban J connectivity index is 4.27. The van der Waals surface area contributed by atoms with E-state index < -0.39 is 26.5 Å². The molecule has 0 fully saturated rings. The lowest BCUT2D eigenvalue weighted by molar-refractivity contribution is -0.161. The van der Waals surface area contributed by atoms with Crippen molar-refractivity contribution in [2.45, 2.75) is 161 Å². The number of rotatable bonds is 32. The van der Waals surface area contributed by atoms with Gasteiger partial charge < -0.3 is 27.0 Å². The summed E-state index contributed by atoms with van der Waals surface area (Å²) >= 11 is 0. The van der Waals surface area contributed by atoms with E-state index in [0.29, 0.717) is 6.42 Å². The summed E-state index contributed by atoms with van der Waals surface area (Å²) in [6.07, 6.45) is 23.6. The second-order valence-corrected chi connectivity index (χ2v) is 12.7. The average Bonchev–Trinajstić information content (AvgIpc) is 2.97. The molecule has 9 nitrogen and oxygen atoms in total. The molecule has 0 saturated carbocycles. The van der Waals surface area contributed by atoms with Gasteiger partial charge in [-0.3, -0.25) is 18.6 Å². The van der Waals surface area contributed by atoms with Crippen LogP contribution in [0.5, 0.6) is 0 Å². The van der Waals surface area contributed by atoms with Gasteiger partial charge in [0.05, 0.1) is 13.2 Å². The van der Waals surface area contributed by atoms with Gasteiger partial charge in [-0.1, -0.05) is 122 Å². The maximum absolute atomic E-state index is 12.4. The molecule has 0 amide bonds. The SMILES string of the molecule is [CH2-]CCCCCCCCCCCC(=O)OC[C@@H](COP(=O)(O)OCCN)OC(=O)CCCCCCCCCCCCC. The van der Waals surface area contributed by atoms with Crippen LogP contribution < -0.4 is 5.73 Å². The topological polar surface area (TPSA) is 134 Å². The molecule has 0 spiro atoms. The first-order valence-electron chi connectivity index (χ1n) is 16.8. The van der Waals surface area contributed by atoms with E-state index in [9.17, 15) is 19.0 Å². The fraction of sp³-hybridized carbons (Fsp3) is 0.906. The standard InChI is InChI=1S/C32H63NO8P/c1-3-5-7-9-11-13-15-17-19-21-23-25-32(35)41-30(29-40-42(36,37)39-27-26-33)28-38-31(34)24-22-20-18-16-14-12-10-8-6-4-2/h30H,2-29,33H2,1H3,(H,36,37)/q-1/t30-/m0/s1. The fourth-order valence-electron chi connectivity index (χ4n) is 4.62. The Labute approximate surface area is 257 Å². The van der Waals surface area contributed by atoms with E-state index in [4.69, 9.17) is 24.3 Å². The smallest absolute Gasteiger partial charge is 0.462 e. The van der Waals surface area contributed by atoms with Crippen LogP contribution >= 0.6 is 7.82 Å². The first-order chi connectivity index (χ1) is 20.3. The number of esters is 2. The highest BCUT2D eigenvalue weighted by molar-refractivity contribution is 7.47. The molecule has 0 saturated heterocycles. The molecule has 0 aromatic carbocycles. The third kappa shape index (κ3) is 29.1. The van der Waals surface area contributed by atoms with E-state index in [1.54, 1.807) is 0 Å². The summed E-state index contributed by atoms with van der Waals surface area (Å²) in [5, 5.41) is 0. The van der Waals surface area contributed by atoms with E-state index in [1.165, 1.54) is 89.9 Å². The van der Waals surface area contributed by atoms with Crippen LogP contribution in [0.15, 0.2) is 0 Å². The minimum Gasteiger partial charge on any atom is -0.462 e. The molecule has 2 atom stereocenters. The zero-order valence-corrected chi connectivity index (χ0v) is 27.6. The summed E-state index contributed by atoms with van der Waals surface area (Å²) in [4.78, 5) is 34.5. The van der Waals surface area contributed by atoms with Crippen molar-refractivity contribution in [1.82, 2.24) is 0 Å². The molecule has 0 rings (SSSR count). The third-order valence-electron chi connectivity index (χ3n) is 7.14. The molecule has 0 aliphatic rings. The zero-order chi connectivity index (χ0) is 31.2. The van der Waals surface area contributed by atoms with E-state index >= 15 is 0 Å². The summed E-state index contributed by atoms with van der Waals surface area (Å²) in [6, 6.07) is 0. The normalized spacial score (nSPS) is 13.5. The molecule has 0 heterocycles. The van der Waals surface area contributed by atoms with Gasteiger partial charge in [-0.05, 0) is 12.8 Å². The molecular weight excluding hydrogens is 557 g/mol. The highest BCUT2D eigenvalue weighted by Crippen LogP contribution is 2.43. The number of phosphoric ester groups is 1. The Hall–Kier alpha value is -0.990. The predicted molar refractivity (Wildman–Crippen MR) is 169 cm³/mol. The van der Waals surface area contributed by atoms with Crippen molar-refractivity contribution in [1.29, 1.82) is 0 Å². The van der Waals surface area contributed by atoms with Gasteiger partial charge in [0, 0.05) is 19.4 Å². The van der Waals surface area contributed by atoms with Crippen molar-refractivity contribution in [3.05, 3.63) is 6.92 Å². The van der Waals surface area contributed by atoms with E-state index in [2.05, 4.69) is 13.8 Å². The Morgan fingerprint density at radius 2 is 1.14 bits per heavy atom. The summed E-state index contributed by atoms with van der Waals surface area (Å²) < 4.78 is 32.5. The third-order valence-corrected chi connectivity index (χ3v) is 8.12. The van der Waals surface area contributed by atoms with Crippen LogP contribution in [0, 0.1) is 6.92 Å². The zero-order valence-electron chi connectivity index (χ0n) is 26.7. The first-order valence-corrected chi connectivity index (χ1v) is 18.3. The molecule has 0 aliphatic carbocycles. The average molecular weight is 621 g/mol. The van der Waals surface area contributed by atoms with Crippen molar-refractivity contribution in [2.75, 3.05) is 26.4 Å². The van der Waals surface area contributed by atoms with Crippen molar-refractivity contribution in [3.8, 4) is 0 Å². The Kier molecular flexibility index (Phi) is 29.3. The molecule has 0 radical (unpaired) electrons. The van der Waals surface area contributed by atoms with Crippen LogP contribution in [0.1, 0.15) is 155 Å². The number of carbonyl (C=O) groups excluding carboxylic acids is 2. The molecule has 0 bridgehead atoms. The van der Waals surface area contributed by atoms with Gasteiger partial charge in [-0.15, -0.1) is 0 Å². The molecule has 42 heavy (non-hydrogen) atoms. The van der Waals surface area contributed by atoms with Crippen molar-refractivity contribution < 1.29 is 37.6 Å². The Bertz CT molecular complexity index is 679. The summed E-state index contributed by atoms with van der Waals surface area (Å²) in [5.41, 5.74) is 5.31. The lowest BCUT2D eigenvalue weighted by Gasteiger charge is -2.19. The molecule has 0 aromatic heterocycles. The minimum absolute atomic E-state index is 0.0553. The number of hydrogen-bond acceptors (Lipinski definition) is 8. The van der Waals surface area contributed by atoms with E-state index in [1.807, 2.05) is 0 Å². The Morgan fingerprint density at radius 3 is 1.62 bits per heavy atom. The summed E-state index contributed by atoms with van der Waals surface area (Å²) in [7, 11) is -4.36. The second-order valence-electron chi connectivity index (χ2n) is 11.3. The maximum Gasteiger partial charge on any atom is 0.472 e. The molecule has 1 unspecified atom stereocenters. The van der Waals surface area contributed by atoms with E-state index in [-0.39, 0.29) is 38.6 Å². The number of unbranched alkanes of at least 4 members (excludes halogenated alkanes) is 19. The highest BCUT2D eigenvalue weighted by Gasteiger charge is 2.25. The summed E-state index contributed by atoms with van der Waals surface area (Å²) in [5.74, 6) is -0.835. The maximum atomic E-state index is 12.4. The molecule has 0 aliphatic heterocycles. The minimum atomic E-state index is -4.36. The molecule has 10 heteroatoms. The largest absolute Gasteiger partial charge is 0.472 e. The molecule has 3 N–H and O–H groups in total. The number of hydrogen-bond donors (Lipinski definition) is 2. The quantitative estimate of drug-likeness (QED) is 0.0329.